The second-order valence-electron chi connectivity index (χ2n) is 8.62. The summed E-state index contributed by atoms with van der Waals surface area (Å²) in [6.45, 7) is 3.85. The van der Waals surface area contributed by atoms with Gasteiger partial charge in [0.1, 0.15) is 10.6 Å². The summed E-state index contributed by atoms with van der Waals surface area (Å²) >= 11 is 1.32. The van der Waals surface area contributed by atoms with Crippen molar-refractivity contribution in [2.75, 3.05) is 6.54 Å². The molecule has 35 heavy (non-hydrogen) atoms. The van der Waals surface area contributed by atoms with Crippen molar-refractivity contribution in [3.63, 3.8) is 0 Å². The van der Waals surface area contributed by atoms with E-state index in [-0.39, 0.29) is 18.2 Å². The molecule has 0 fully saturated rings. The largest absolute Gasteiger partial charge is 0.337 e. The van der Waals surface area contributed by atoms with Crippen molar-refractivity contribution in [3.8, 4) is 5.69 Å². The first-order valence-corrected chi connectivity index (χ1v) is 12.0. The van der Waals surface area contributed by atoms with Gasteiger partial charge in [-0.25, -0.2) is 13.8 Å². The van der Waals surface area contributed by atoms with E-state index in [4.69, 9.17) is 0 Å². The lowest BCUT2D eigenvalue weighted by atomic mass is 10.1. The summed E-state index contributed by atoms with van der Waals surface area (Å²) < 4.78 is 16.5. The fraction of sp³-hybridized carbons (Fsp3) is 0.231. The Labute approximate surface area is 203 Å². The number of thiophene rings is 1. The van der Waals surface area contributed by atoms with Gasteiger partial charge in [0.2, 0.25) is 5.91 Å². The van der Waals surface area contributed by atoms with Gasteiger partial charge < -0.3 is 4.90 Å². The van der Waals surface area contributed by atoms with E-state index in [0.29, 0.717) is 46.5 Å². The molecule has 0 radical (unpaired) electrons. The molecule has 178 valence electrons. The minimum atomic E-state index is -0.575. The molecule has 0 bridgehead atoms. The first-order chi connectivity index (χ1) is 16.7. The topological polar surface area (TPSA) is 81.4 Å². The van der Waals surface area contributed by atoms with Crippen LogP contribution in [0.4, 0.5) is 4.39 Å². The molecule has 5 rings (SSSR count). The zero-order valence-corrected chi connectivity index (χ0v) is 20.0. The number of rotatable bonds is 4. The third kappa shape index (κ3) is 4.01. The monoisotopic (exact) mass is 491 g/mol. The van der Waals surface area contributed by atoms with Crippen molar-refractivity contribution in [3.05, 3.63) is 96.8 Å². The van der Waals surface area contributed by atoms with Gasteiger partial charge >= 0.3 is 5.69 Å². The van der Waals surface area contributed by atoms with E-state index in [1.54, 1.807) is 35.2 Å². The maximum Gasteiger partial charge on any atom is 0.337 e. The summed E-state index contributed by atoms with van der Waals surface area (Å²) in [6, 6.07) is 12.4. The second-order valence-corrected chi connectivity index (χ2v) is 9.70. The molecule has 0 saturated heterocycles. The minimum Gasteiger partial charge on any atom is -0.337 e. The van der Waals surface area contributed by atoms with E-state index in [1.807, 2.05) is 0 Å². The van der Waals surface area contributed by atoms with Crippen LogP contribution in [0, 0.1) is 5.82 Å². The van der Waals surface area contributed by atoms with E-state index in [9.17, 15) is 23.6 Å². The molecule has 9 heteroatoms. The maximum absolute atomic E-state index is 13.9. The molecule has 0 aliphatic carbocycles. The van der Waals surface area contributed by atoms with Crippen LogP contribution in [-0.2, 0) is 24.3 Å². The van der Waals surface area contributed by atoms with E-state index >= 15 is 0 Å². The highest BCUT2D eigenvalue weighted by Gasteiger charge is 2.27. The standard InChI is InChI=1S/C26H22FN3O4S/c1-15(31)18-6-4-8-20(12-18)30-24(33)23-21-9-10-28(16(2)32)14-22(21)35-25(23)29(26(30)34)13-17-5-3-7-19(27)11-17/h3-8,11-12H,9-10,13-14H2,1-2H3. The Morgan fingerprint density at radius 3 is 2.54 bits per heavy atom. The van der Waals surface area contributed by atoms with Gasteiger partial charge in [-0.3, -0.25) is 19.0 Å². The first-order valence-electron chi connectivity index (χ1n) is 11.2. The van der Waals surface area contributed by atoms with E-state index in [2.05, 4.69) is 0 Å². The maximum atomic E-state index is 13.9. The molecule has 2 aromatic carbocycles. The van der Waals surface area contributed by atoms with Crippen LogP contribution in [0.3, 0.4) is 0 Å². The van der Waals surface area contributed by atoms with Crippen molar-refractivity contribution in [2.45, 2.75) is 33.4 Å². The van der Waals surface area contributed by atoms with Crippen molar-refractivity contribution in [1.29, 1.82) is 0 Å². The molecule has 0 saturated carbocycles. The summed E-state index contributed by atoms with van der Waals surface area (Å²) in [5, 5.41) is 0.428. The molecule has 0 atom stereocenters. The smallest absolute Gasteiger partial charge is 0.337 e. The molecule has 0 spiro atoms. The summed E-state index contributed by atoms with van der Waals surface area (Å²) in [7, 11) is 0. The van der Waals surface area contributed by atoms with Gasteiger partial charge in [0.05, 0.1) is 24.2 Å². The number of carbonyl (C=O) groups excluding carboxylic acids is 2. The number of carbonyl (C=O) groups is 2. The molecule has 7 nitrogen and oxygen atoms in total. The Morgan fingerprint density at radius 2 is 1.83 bits per heavy atom. The number of hydrogen-bond donors (Lipinski definition) is 0. The molecule has 4 aromatic rings. The zero-order valence-electron chi connectivity index (χ0n) is 19.2. The normalized spacial score (nSPS) is 13.2. The molecule has 0 N–H and O–H groups in total. The number of fused-ring (bicyclic) bond motifs is 3. The SMILES string of the molecule is CC(=O)c1cccc(-n2c(=O)c3c4c(sc3n(Cc3cccc(F)c3)c2=O)CN(C(C)=O)CC4)c1. The molecular formula is C26H22FN3O4S. The zero-order chi connectivity index (χ0) is 24.9. The second kappa shape index (κ2) is 8.74. The fourth-order valence-electron chi connectivity index (χ4n) is 4.52. The summed E-state index contributed by atoms with van der Waals surface area (Å²) in [6.07, 6.45) is 0.496. The molecule has 0 unspecified atom stereocenters. The highest BCUT2D eigenvalue weighted by Crippen LogP contribution is 2.33. The average Bonchev–Trinajstić information content (AvgIpc) is 3.21. The molecular weight excluding hydrogens is 469 g/mol. The van der Waals surface area contributed by atoms with Crippen LogP contribution in [0.15, 0.2) is 58.1 Å². The van der Waals surface area contributed by atoms with Gasteiger partial charge in [0.25, 0.3) is 5.56 Å². The van der Waals surface area contributed by atoms with Crippen molar-refractivity contribution >= 4 is 33.2 Å². The fourth-order valence-corrected chi connectivity index (χ4v) is 5.87. The first kappa shape index (κ1) is 22.9. The van der Waals surface area contributed by atoms with E-state index in [1.165, 1.54) is 48.0 Å². The summed E-state index contributed by atoms with van der Waals surface area (Å²) in [4.78, 5) is 54.5. The quantitative estimate of drug-likeness (QED) is 0.409. The van der Waals surface area contributed by atoms with Gasteiger partial charge in [0, 0.05) is 23.9 Å². The van der Waals surface area contributed by atoms with Crippen molar-refractivity contribution in [1.82, 2.24) is 14.0 Å². The predicted octanol–water partition coefficient (Wildman–Crippen LogP) is 3.51. The van der Waals surface area contributed by atoms with E-state index < -0.39 is 17.1 Å². The van der Waals surface area contributed by atoms with Crippen LogP contribution in [0.2, 0.25) is 0 Å². The number of nitrogens with zero attached hydrogens (tertiary/aromatic N) is 3. The van der Waals surface area contributed by atoms with Crippen LogP contribution in [-0.4, -0.2) is 32.3 Å². The lowest BCUT2D eigenvalue weighted by Gasteiger charge is -2.25. The Balaban J connectivity index is 1.80. The van der Waals surface area contributed by atoms with Crippen molar-refractivity contribution < 1.29 is 14.0 Å². The van der Waals surface area contributed by atoms with Crippen LogP contribution < -0.4 is 11.2 Å². The molecule has 1 aliphatic heterocycles. The molecule has 2 aromatic heterocycles. The summed E-state index contributed by atoms with van der Waals surface area (Å²) in [5.74, 6) is -0.654. The van der Waals surface area contributed by atoms with Gasteiger partial charge in [-0.1, -0.05) is 24.3 Å². The number of halogens is 1. The average molecular weight is 492 g/mol. The van der Waals surface area contributed by atoms with Gasteiger partial charge in [-0.05, 0) is 48.7 Å². The molecule has 1 amide bonds. The number of benzene rings is 2. The van der Waals surface area contributed by atoms with Crippen LogP contribution in [0.5, 0.6) is 0 Å². The van der Waals surface area contributed by atoms with Gasteiger partial charge in [0.15, 0.2) is 5.78 Å². The summed E-state index contributed by atoms with van der Waals surface area (Å²) in [5.41, 5.74) is 1.05. The van der Waals surface area contributed by atoms with Crippen molar-refractivity contribution in [2.24, 2.45) is 0 Å². The predicted molar refractivity (Wildman–Crippen MR) is 132 cm³/mol. The number of Topliss-reactive ketones (excluding diaryl/α,β-unsaturated/α-hetero) is 1. The third-order valence-corrected chi connectivity index (χ3v) is 7.55. The Bertz CT molecular complexity index is 1630. The Hall–Kier alpha value is -3.85. The van der Waals surface area contributed by atoms with Crippen LogP contribution in [0.1, 0.15) is 40.2 Å². The number of ketones is 1. The Kier molecular flexibility index (Phi) is 5.72. The lowest BCUT2D eigenvalue weighted by Crippen LogP contribution is -2.39. The highest BCUT2D eigenvalue weighted by molar-refractivity contribution is 7.18. The third-order valence-electron chi connectivity index (χ3n) is 6.31. The highest BCUT2D eigenvalue weighted by atomic mass is 32.1. The van der Waals surface area contributed by atoms with Crippen LogP contribution >= 0.6 is 11.3 Å². The van der Waals surface area contributed by atoms with Crippen LogP contribution in [0.25, 0.3) is 15.9 Å². The molecule has 3 heterocycles. The van der Waals surface area contributed by atoms with E-state index in [0.717, 1.165) is 15.0 Å². The van der Waals surface area contributed by atoms with Gasteiger partial charge in [-0.2, -0.15) is 0 Å². The Morgan fingerprint density at radius 1 is 1.06 bits per heavy atom. The minimum absolute atomic E-state index is 0.0521. The number of aromatic nitrogens is 2. The number of amides is 1. The molecule has 1 aliphatic rings. The lowest BCUT2D eigenvalue weighted by molar-refractivity contribution is -0.129. The number of hydrogen-bond acceptors (Lipinski definition) is 5. The van der Waals surface area contributed by atoms with Gasteiger partial charge in [-0.15, -0.1) is 11.3 Å².